The Bertz CT molecular complexity index is 517. The maximum absolute atomic E-state index is 12.1. The molecule has 0 bridgehead atoms. The molecule has 0 saturated carbocycles. The highest BCUT2D eigenvalue weighted by molar-refractivity contribution is 7.10. The number of Topliss-reactive ketones (excluding diaryl/α,β-unsaturated/α-hetero) is 1. The minimum absolute atomic E-state index is 0.152. The average molecular weight is 265 g/mol. The third-order valence-corrected chi connectivity index (χ3v) is 3.91. The number of halogens is 1. The molecular weight excluding hydrogens is 252 g/mol. The van der Waals surface area contributed by atoms with Gasteiger partial charge in [-0.05, 0) is 41.6 Å². The summed E-state index contributed by atoms with van der Waals surface area (Å²) in [6.45, 7) is 2.04. The van der Waals surface area contributed by atoms with Crippen LogP contribution >= 0.6 is 22.9 Å². The fourth-order valence-corrected chi connectivity index (χ4v) is 2.65. The molecule has 88 valence electrons. The van der Waals surface area contributed by atoms with E-state index in [2.05, 4.69) is 0 Å². The zero-order valence-electron chi connectivity index (χ0n) is 9.57. The summed E-state index contributed by atoms with van der Waals surface area (Å²) in [5.41, 5.74) is 1.78. The average Bonchev–Trinajstić information content (AvgIpc) is 2.82. The van der Waals surface area contributed by atoms with Gasteiger partial charge in [0.2, 0.25) is 0 Å². The Kier molecular flexibility index (Phi) is 3.97. The molecule has 3 heteroatoms. The third-order valence-electron chi connectivity index (χ3n) is 2.66. The van der Waals surface area contributed by atoms with E-state index >= 15 is 0 Å². The monoisotopic (exact) mass is 264 g/mol. The predicted octanol–water partition coefficient (Wildman–Crippen LogP) is 4.39. The molecule has 0 unspecified atom stereocenters. The van der Waals surface area contributed by atoms with Crippen LogP contribution in [0.2, 0.25) is 5.02 Å². The van der Waals surface area contributed by atoms with Gasteiger partial charge in [-0.1, -0.05) is 24.6 Å². The smallest absolute Gasteiger partial charge is 0.168 e. The molecule has 0 spiro atoms. The highest BCUT2D eigenvalue weighted by atomic mass is 35.5. The van der Waals surface area contributed by atoms with Gasteiger partial charge in [0.05, 0.1) is 0 Å². The van der Waals surface area contributed by atoms with Gasteiger partial charge >= 0.3 is 0 Å². The topological polar surface area (TPSA) is 17.1 Å². The number of ketones is 1. The molecule has 0 fully saturated rings. The first-order valence-electron chi connectivity index (χ1n) is 5.54. The van der Waals surface area contributed by atoms with E-state index < -0.39 is 0 Å². The van der Waals surface area contributed by atoms with Crippen molar-refractivity contribution in [3.63, 3.8) is 0 Å². The highest BCUT2D eigenvalue weighted by Crippen LogP contribution is 2.20. The number of aryl methyl sites for hydroxylation is 1. The zero-order chi connectivity index (χ0) is 12.3. The third kappa shape index (κ3) is 2.96. The fourth-order valence-electron chi connectivity index (χ4n) is 1.69. The van der Waals surface area contributed by atoms with E-state index in [9.17, 15) is 4.79 Å². The Hall–Kier alpha value is -1.12. The van der Waals surface area contributed by atoms with Crippen molar-refractivity contribution >= 4 is 28.7 Å². The molecule has 0 amide bonds. The molecule has 0 saturated heterocycles. The van der Waals surface area contributed by atoms with Crippen molar-refractivity contribution in [2.75, 3.05) is 0 Å². The normalized spacial score (nSPS) is 10.5. The van der Waals surface area contributed by atoms with Crippen LogP contribution in [0.1, 0.15) is 27.7 Å². The number of carbonyl (C=O) groups excluding carboxylic acids is 1. The number of carbonyl (C=O) groups is 1. The largest absolute Gasteiger partial charge is 0.294 e. The van der Waals surface area contributed by atoms with E-state index in [-0.39, 0.29) is 5.78 Å². The van der Waals surface area contributed by atoms with Crippen molar-refractivity contribution in [2.24, 2.45) is 0 Å². The summed E-state index contributed by atoms with van der Waals surface area (Å²) in [6.07, 6.45) is 1.32. The summed E-state index contributed by atoms with van der Waals surface area (Å²) in [4.78, 5) is 13.2. The number of hydrogen-bond donors (Lipinski definition) is 0. The van der Waals surface area contributed by atoms with Crippen molar-refractivity contribution in [1.29, 1.82) is 0 Å². The summed E-state index contributed by atoms with van der Waals surface area (Å²) < 4.78 is 0. The Morgan fingerprint density at radius 2 is 2.18 bits per heavy atom. The molecule has 0 aliphatic carbocycles. The van der Waals surface area contributed by atoms with Gasteiger partial charge in [0.1, 0.15) is 0 Å². The molecule has 1 heterocycles. The predicted molar refractivity (Wildman–Crippen MR) is 73.2 cm³/mol. The van der Waals surface area contributed by atoms with Gasteiger partial charge in [-0.25, -0.2) is 0 Å². The first kappa shape index (κ1) is 12.3. The number of rotatable bonds is 4. The van der Waals surface area contributed by atoms with Gasteiger partial charge in [0.15, 0.2) is 5.78 Å². The second-order valence-corrected chi connectivity index (χ2v) is 5.28. The van der Waals surface area contributed by atoms with Gasteiger partial charge in [-0.15, -0.1) is 11.3 Å². The van der Waals surface area contributed by atoms with E-state index in [0.29, 0.717) is 6.42 Å². The van der Waals surface area contributed by atoms with Gasteiger partial charge in [0, 0.05) is 21.9 Å². The molecule has 2 rings (SSSR count). The summed E-state index contributed by atoms with van der Waals surface area (Å²) in [5.74, 6) is 0.152. The van der Waals surface area contributed by atoms with Gasteiger partial charge < -0.3 is 0 Å². The van der Waals surface area contributed by atoms with Crippen LogP contribution in [0.4, 0.5) is 0 Å². The van der Waals surface area contributed by atoms with E-state index in [0.717, 1.165) is 27.4 Å². The van der Waals surface area contributed by atoms with E-state index in [1.165, 1.54) is 0 Å². The number of thiophene rings is 1. The standard InChI is InChI=1S/C14H13ClOS/c1-2-10-8-11(5-6-13(10)15)14(16)9-12-4-3-7-17-12/h3-8H,2,9H2,1H3. The Balaban J connectivity index is 2.19. The van der Waals surface area contributed by atoms with Crippen LogP contribution in [-0.4, -0.2) is 5.78 Å². The van der Waals surface area contributed by atoms with E-state index in [4.69, 9.17) is 11.6 Å². The molecule has 17 heavy (non-hydrogen) atoms. The van der Waals surface area contributed by atoms with Crippen LogP contribution in [0, 0.1) is 0 Å². The summed E-state index contributed by atoms with van der Waals surface area (Å²) in [5, 5.41) is 2.72. The van der Waals surface area contributed by atoms with E-state index in [1.54, 1.807) is 17.4 Å². The summed E-state index contributed by atoms with van der Waals surface area (Å²) in [7, 11) is 0. The minimum Gasteiger partial charge on any atom is -0.294 e. The zero-order valence-corrected chi connectivity index (χ0v) is 11.1. The second-order valence-electron chi connectivity index (χ2n) is 3.84. The summed E-state index contributed by atoms with van der Waals surface area (Å²) in [6, 6.07) is 9.46. The molecule has 0 aliphatic rings. The van der Waals surface area contributed by atoms with Crippen LogP contribution < -0.4 is 0 Å². The van der Waals surface area contributed by atoms with Crippen molar-refractivity contribution < 1.29 is 4.79 Å². The van der Waals surface area contributed by atoms with Crippen molar-refractivity contribution in [1.82, 2.24) is 0 Å². The molecule has 0 aliphatic heterocycles. The Morgan fingerprint density at radius 3 is 2.82 bits per heavy atom. The molecule has 0 atom stereocenters. The maximum atomic E-state index is 12.1. The van der Waals surface area contributed by atoms with Gasteiger partial charge in [-0.2, -0.15) is 0 Å². The highest BCUT2D eigenvalue weighted by Gasteiger charge is 2.09. The van der Waals surface area contributed by atoms with Crippen LogP contribution in [0.5, 0.6) is 0 Å². The van der Waals surface area contributed by atoms with Crippen molar-refractivity contribution in [2.45, 2.75) is 19.8 Å². The van der Waals surface area contributed by atoms with Gasteiger partial charge in [-0.3, -0.25) is 4.79 Å². The van der Waals surface area contributed by atoms with Crippen molar-refractivity contribution in [3.05, 3.63) is 56.7 Å². The first-order valence-corrected chi connectivity index (χ1v) is 6.80. The quantitative estimate of drug-likeness (QED) is 0.749. The Morgan fingerprint density at radius 1 is 1.35 bits per heavy atom. The lowest BCUT2D eigenvalue weighted by Crippen LogP contribution is -2.03. The molecule has 1 aromatic carbocycles. The fraction of sp³-hybridized carbons (Fsp3) is 0.214. The van der Waals surface area contributed by atoms with Crippen LogP contribution in [0.3, 0.4) is 0 Å². The van der Waals surface area contributed by atoms with Gasteiger partial charge in [0.25, 0.3) is 0 Å². The first-order chi connectivity index (χ1) is 8.20. The lowest BCUT2D eigenvalue weighted by molar-refractivity contribution is 0.0994. The van der Waals surface area contributed by atoms with Crippen LogP contribution in [0.15, 0.2) is 35.7 Å². The SMILES string of the molecule is CCc1cc(C(=O)Cc2cccs2)ccc1Cl. The molecule has 1 nitrogen and oxygen atoms in total. The minimum atomic E-state index is 0.152. The second kappa shape index (κ2) is 5.48. The van der Waals surface area contributed by atoms with E-state index in [1.807, 2.05) is 36.6 Å². The number of hydrogen-bond acceptors (Lipinski definition) is 2. The summed E-state index contributed by atoms with van der Waals surface area (Å²) >= 11 is 7.65. The Labute approximate surface area is 110 Å². The van der Waals surface area contributed by atoms with Crippen LogP contribution in [0.25, 0.3) is 0 Å². The molecule has 2 aromatic rings. The number of benzene rings is 1. The maximum Gasteiger partial charge on any atom is 0.168 e. The molecule has 0 N–H and O–H groups in total. The molecular formula is C14H13ClOS. The lowest BCUT2D eigenvalue weighted by atomic mass is 10.0. The molecule has 0 radical (unpaired) electrons. The van der Waals surface area contributed by atoms with Crippen LogP contribution in [-0.2, 0) is 12.8 Å². The molecule has 1 aromatic heterocycles. The lowest BCUT2D eigenvalue weighted by Gasteiger charge is -2.04. The van der Waals surface area contributed by atoms with Crippen molar-refractivity contribution in [3.8, 4) is 0 Å².